The Balaban J connectivity index is 1.81. The zero-order chi connectivity index (χ0) is 16.2. The average molecular weight is 308 g/mol. The van der Waals surface area contributed by atoms with Crippen molar-refractivity contribution in [2.45, 2.75) is 20.3 Å². The fraction of sp³-hybridized carbons (Fsp3) is 0.167. The van der Waals surface area contributed by atoms with Crippen molar-refractivity contribution in [3.63, 3.8) is 0 Å². The molecule has 0 aliphatic carbocycles. The van der Waals surface area contributed by atoms with E-state index < -0.39 is 0 Å². The van der Waals surface area contributed by atoms with Crippen LogP contribution in [-0.2, 0) is 4.79 Å². The van der Waals surface area contributed by atoms with Crippen LogP contribution in [0.5, 0.6) is 5.75 Å². The van der Waals surface area contributed by atoms with Gasteiger partial charge in [-0.25, -0.2) is 0 Å². The van der Waals surface area contributed by atoms with E-state index in [1.54, 1.807) is 31.2 Å². The minimum Gasteiger partial charge on any atom is -0.427 e. The van der Waals surface area contributed by atoms with E-state index in [2.05, 4.69) is 10.1 Å². The smallest absolute Gasteiger partial charge is 0.310 e. The number of aromatic nitrogens is 2. The van der Waals surface area contributed by atoms with Gasteiger partial charge in [-0.1, -0.05) is 35.8 Å². The molecule has 0 spiro atoms. The van der Waals surface area contributed by atoms with Crippen molar-refractivity contribution >= 4 is 5.97 Å². The molecule has 2 aromatic carbocycles. The number of carbonyl (C=O) groups excluding carboxylic acids is 1. The highest BCUT2D eigenvalue weighted by Gasteiger charge is 2.11. The standard InChI is InChI=1S/C18H16N2O3/c1-3-16(21)22-15-9-7-13(8-10-15)18-19-17(20-23-18)14-6-4-5-12(2)11-14/h4-11H,3H2,1-2H3. The van der Waals surface area contributed by atoms with Crippen molar-refractivity contribution in [1.29, 1.82) is 0 Å². The van der Waals surface area contributed by atoms with Gasteiger partial charge in [0.15, 0.2) is 0 Å². The lowest BCUT2D eigenvalue weighted by Gasteiger charge is -2.02. The van der Waals surface area contributed by atoms with E-state index >= 15 is 0 Å². The minimum absolute atomic E-state index is 0.266. The molecular weight excluding hydrogens is 292 g/mol. The SMILES string of the molecule is CCC(=O)Oc1ccc(-c2nc(-c3cccc(C)c3)no2)cc1. The lowest BCUT2D eigenvalue weighted by Crippen LogP contribution is -2.05. The summed E-state index contributed by atoms with van der Waals surface area (Å²) in [5.74, 6) is 1.20. The Kier molecular flexibility index (Phi) is 4.19. The number of carbonyl (C=O) groups is 1. The molecule has 3 rings (SSSR count). The van der Waals surface area contributed by atoms with Gasteiger partial charge in [-0.15, -0.1) is 0 Å². The largest absolute Gasteiger partial charge is 0.427 e. The molecule has 0 aliphatic rings. The highest BCUT2D eigenvalue weighted by atomic mass is 16.5. The third kappa shape index (κ3) is 3.45. The van der Waals surface area contributed by atoms with Crippen LogP contribution in [0.4, 0.5) is 0 Å². The summed E-state index contributed by atoms with van der Waals surface area (Å²) >= 11 is 0. The molecular formula is C18H16N2O3. The molecule has 5 nitrogen and oxygen atoms in total. The Bertz CT molecular complexity index is 822. The van der Waals surface area contributed by atoms with Gasteiger partial charge in [0.1, 0.15) is 5.75 Å². The summed E-state index contributed by atoms with van der Waals surface area (Å²) in [7, 11) is 0. The van der Waals surface area contributed by atoms with Gasteiger partial charge >= 0.3 is 5.97 Å². The second-order valence-electron chi connectivity index (χ2n) is 5.14. The van der Waals surface area contributed by atoms with Crippen LogP contribution in [0.3, 0.4) is 0 Å². The molecule has 0 atom stereocenters. The quantitative estimate of drug-likeness (QED) is 0.538. The first kappa shape index (κ1) is 15.0. The molecule has 5 heteroatoms. The summed E-state index contributed by atoms with van der Waals surface area (Å²) in [5.41, 5.74) is 2.82. The Labute approximate surface area is 133 Å². The molecule has 3 aromatic rings. The molecule has 0 bridgehead atoms. The first-order valence-electron chi connectivity index (χ1n) is 7.37. The first-order valence-corrected chi connectivity index (χ1v) is 7.37. The molecule has 1 heterocycles. The molecule has 1 aromatic heterocycles. The van der Waals surface area contributed by atoms with E-state index in [1.807, 2.05) is 31.2 Å². The van der Waals surface area contributed by atoms with Crippen LogP contribution in [0.15, 0.2) is 53.1 Å². The van der Waals surface area contributed by atoms with Gasteiger partial charge < -0.3 is 9.26 Å². The third-order valence-electron chi connectivity index (χ3n) is 3.32. The highest BCUT2D eigenvalue weighted by Crippen LogP contribution is 2.24. The molecule has 0 unspecified atom stereocenters. The van der Waals surface area contributed by atoms with Gasteiger partial charge in [0.05, 0.1) is 0 Å². The summed E-state index contributed by atoms with van der Waals surface area (Å²) in [5, 5.41) is 4.02. The number of esters is 1. The van der Waals surface area contributed by atoms with Gasteiger partial charge in [0.2, 0.25) is 5.82 Å². The van der Waals surface area contributed by atoms with Gasteiger partial charge in [-0.05, 0) is 37.3 Å². The zero-order valence-electron chi connectivity index (χ0n) is 12.9. The highest BCUT2D eigenvalue weighted by molar-refractivity contribution is 5.72. The topological polar surface area (TPSA) is 65.2 Å². The fourth-order valence-corrected chi connectivity index (χ4v) is 2.11. The molecule has 0 fully saturated rings. The van der Waals surface area contributed by atoms with Crippen molar-refractivity contribution in [3.8, 4) is 28.6 Å². The van der Waals surface area contributed by atoms with Crippen molar-refractivity contribution in [3.05, 3.63) is 54.1 Å². The third-order valence-corrected chi connectivity index (χ3v) is 3.32. The summed E-state index contributed by atoms with van der Waals surface area (Å²) in [4.78, 5) is 15.7. The van der Waals surface area contributed by atoms with Crippen LogP contribution in [0.1, 0.15) is 18.9 Å². The van der Waals surface area contributed by atoms with E-state index in [4.69, 9.17) is 9.26 Å². The second kappa shape index (κ2) is 6.44. The van der Waals surface area contributed by atoms with Crippen LogP contribution in [-0.4, -0.2) is 16.1 Å². The van der Waals surface area contributed by atoms with Crippen molar-refractivity contribution in [1.82, 2.24) is 10.1 Å². The van der Waals surface area contributed by atoms with Gasteiger partial charge in [0.25, 0.3) is 5.89 Å². The maximum absolute atomic E-state index is 11.3. The molecule has 0 saturated carbocycles. The monoisotopic (exact) mass is 308 g/mol. The van der Waals surface area contributed by atoms with Crippen LogP contribution in [0.25, 0.3) is 22.8 Å². The molecule has 0 N–H and O–H groups in total. The van der Waals surface area contributed by atoms with Crippen LogP contribution in [0.2, 0.25) is 0 Å². The van der Waals surface area contributed by atoms with Crippen molar-refractivity contribution < 1.29 is 14.1 Å². The number of rotatable bonds is 4. The predicted octanol–water partition coefficient (Wildman–Crippen LogP) is 4.03. The Morgan fingerprint density at radius 2 is 1.91 bits per heavy atom. The number of hydrogen-bond donors (Lipinski definition) is 0. The number of ether oxygens (including phenoxy) is 1. The van der Waals surface area contributed by atoms with Crippen LogP contribution in [0, 0.1) is 6.92 Å². The first-order chi connectivity index (χ1) is 11.2. The molecule has 23 heavy (non-hydrogen) atoms. The Morgan fingerprint density at radius 3 is 2.61 bits per heavy atom. The maximum atomic E-state index is 11.3. The normalized spacial score (nSPS) is 10.5. The number of aryl methyl sites for hydroxylation is 1. The summed E-state index contributed by atoms with van der Waals surface area (Å²) in [6, 6.07) is 14.9. The van der Waals surface area contributed by atoms with E-state index in [9.17, 15) is 4.79 Å². The van der Waals surface area contributed by atoms with E-state index in [0.29, 0.717) is 23.9 Å². The van der Waals surface area contributed by atoms with Crippen molar-refractivity contribution in [2.75, 3.05) is 0 Å². The molecule has 0 aliphatic heterocycles. The van der Waals surface area contributed by atoms with Gasteiger partial charge in [0, 0.05) is 17.5 Å². The van der Waals surface area contributed by atoms with E-state index in [0.717, 1.165) is 16.7 Å². The number of nitrogens with zero attached hydrogens (tertiary/aromatic N) is 2. The van der Waals surface area contributed by atoms with Crippen LogP contribution < -0.4 is 4.74 Å². The molecule has 0 amide bonds. The van der Waals surface area contributed by atoms with E-state index in [1.165, 1.54) is 0 Å². The maximum Gasteiger partial charge on any atom is 0.310 e. The van der Waals surface area contributed by atoms with Crippen LogP contribution >= 0.6 is 0 Å². The van der Waals surface area contributed by atoms with E-state index in [-0.39, 0.29) is 5.97 Å². The zero-order valence-corrected chi connectivity index (χ0v) is 12.9. The molecule has 116 valence electrons. The second-order valence-corrected chi connectivity index (χ2v) is 5.14. The Morgan fingerprint density at radius 1 is 1.13 bits per heavy atom. The number of benzene rings is 2. The minimum atomic E-state index is -0.266. The number of hydrogen-bond acceptors (Lipinski definition) is 5. The molecule has 0 radical (unpaired) electrons. The average Bonchev–Trinajstić information content (AvgIpc) is 3.05. The van der Waals surface area contributed by atoms with Gasteiger partial charge in [-0.2, -0.15) is 4.98 Å². The summed E-state index contributed by atoms with van der Waals surface area (Å²) < 4.78 is 10.5. The lowest BCUT2D eigenvalue weighted by atomic mass is 10.1. The predicted molar refractivity (Wildman–Crippen MR) is 85.8 cm³/mol. The van der Waals surface area contributed by atoms with Gasteiger partial charge in [-0.3, -0.25) is 4.79 Å². The molecule has 0 saturated heterocycles. The summed E-state index contributed by atoms with van der Waals surface area (Å²) in [6.07, 6.45) is 0.339. The lowest BCUT2D eigenvalue weighted by molar-refractivity contribution is -0.134. The fourth-order valence-electron chi connectivity index (χ4n) is 2.11. The summed E-state index contributed by atoms with van der Waals surface area (Å²) in [6.45, 7) is 3.77. The van der Waals surface area contributed by atoms with Crippen molar-refractivity contribution in [2.24, 2.45) is 0 Å². The Hall–Kier alpha value is -2.95.